The second-order valence-electron chi connectivity index (χ2n) is 10.0. The van der Waals surface area contributed by atoms with Gasteiger partial charge in [0.2, 0.25) is 21.8 Å². The van der Waals surface area contributed by atoms with E-state index in [2.05, 4.69) is 5.32 Å². The number of anilines is 1. The summed E-state index contributed by atoms with van der Waals surface area (Å²) in [6, 6.07) is 20.2. The topological polar surface area (TPSA) is 86.8 Å². The Morgan fingerprint density at radius 3 is 2.20 bits per heavy atom. The van der Waals surface area contributed by atoms with Crippen LogP contribution < -0.4 is 9.62 Å². The maximum absolute atomic E-state index is 13.9. The van der Waals surface area contributed by atoms with E-state index in [0.717, 1.165) is 16.1 Å². The Morgan fingerprint density at radius 2 is 1.56 bits per heavy atom. The molecule has 0 aliphatic heterocycles. The van der Waals surface area contributed by atoms with E-state index in [-0.39, 0.29) is 54.5 Å². The first kappa shape index (κ1) is 32.7. The molecular formula is C30H34Cl3N3O4S. The highest BCUT2D eigenvalue weighted by molar-refractivity contribution is 7.92. The predicted octanol–water partition coefficient (Wildman–Crippen LogP) is 6.36. The number of carbonyl (C=O) groups is 2. The highest BCUT2D eigenvalue weighted by Gasteiger charge is 2.31. The highest BCUT2D eigenvalue weighted by Crippen LogP contribution is 2.31. The van der Waals surface area contributed by atoms with Crippen molar-refractivity contribution < 1.29 is 18.0 Å². The van der Waals surface area contributed by atoms with Gasteiger partial charge in [-0.2, -0.15) is 0 Å². The van der Waals surface area contributed by atoms with Crippen molar-refractivity contribution in [1.82, 2.24) is 10.2 Å². The number of benzene rings is 3. The van der Waals surface area contributed by atoms with Crippen LogP contribution in [0.25, 0.3) is 0 Å². The summed E-state index contributed by atoms with van der Waals surface area (Å²) in [5.74, 6) is -0.594. The first-order chi connectivity index (χ1) is 19.4. The minimum Gasteiger partial charge on any atom is -0.352 e. The molecule has 3 rings (SSSR count). The SMILES string of the molecule is CC(C)NC(=O)[C@@H](Cc1ccccc1)N(Cc1ccccc1Cl)C(=O)CCCN(c1cc(Cl)ccc1Cl)S(C)(=O)=O. The molecule has 41 heavy (non-hydrogen) atoms. The van der Waals surface area contributed by atoms with Gasteiger partial charge in [0.15, 0.2) is 0 Å². The zero-order valence-electron chi connectivity index (χ0n) is 23.2. The van der Waals surface area contributed by atoms with Gasteiger partial charge in [-0.1, -0.05) is 83.3 Å². The van der Waals surface area contributed by atoms with E-state index in [1.54, 1.807) is 18.2 Å². The summed E-state index contributed by atoms with van der Waals surface area (Å²) in [6.45, 7) is 3.82. The van der Waals surface area contributed by atoms with Gasteiger partial charge in [-0.3, -0.25) is 13.9 Å². The van der Waals surface area contributed by atoms with Crippen molar-refractivity contribution in [3.63, 3.8) is 0 Å². The second kappa shape index (κ2) is 14.9. The third kappa shape index (κ3) is 9.64. The van der Waals surface area contributed by atoms with Crippen LogP contribution in [0, 0.1) is 0 Å². The van der Waals surface area contributed by atoms with Crippen molar-refractivity contribution in [1.29, 1.82) is 0 Å². The summed E-state index contributed by atoms with van der Waals surface area (Å²) in [6.07, 6.45) is 1.53. The molecule has 0 fully saturated rings. The largest absolute Gasteiger partial charge is 0.352 e. The molecule has 220 valence electrons. The summed E-state index contributed by atoms with van der Waals surface area (Å²) in [5.41, 5.74) is 1.83. The number of amides is 2. The molecule has 0 spiro atoms. The van der Waals surface area contributed by atoms with Crippen LogP contribution in [0.5, 0.6) is 0 Å². The third-order valence-corrected chi connectivity index (χ3v) is 8.43. The first-order valence-corrected chi connectivity index (χ1v) is 16.1. The lowest BCUT2D eigenvalue weighted by atomic mass is 10.0. The quantitative estimate of drug-likeness (QED) is 0.236. The molecule has 0 aromatic heterocycles. The molecule has 1 atom stereocenters. The molecule has 0 radical (unpaired) electrons. The Hall–Kier alpha value is -2.78. The van der Waals surface area contributed by atoms with E-state index in [9.17, 15) is 18.0 Å². The molecule has 11 heteroatoms. The molecule has 0 aliphatic rings. The number of hydrogen-bond donors (Lipinski definition) is 1. The van der Waals surface area contributed by atoms with Gasteiger partial charge >= 0.3 is 0 Å². The zero-order valence-corrected chi connectivity index (χ0v) is 26.3. The monoisotopic (exact) mass is 637 g/mol. The fraction of sp³-hybridized carbons (Fsp3) is 0.333. The van der Waals surface area contributed by atoms with Crippen molar-refractivity contribution >= 4 is 62.3 Å². The number of nitrogens with zero attached hydrogens (tertiary/aromatic N) is 2. The summed E-state index contributed by atoms with van der Waals surface area (Å²) < 4.78 is 26.4. The van der Waals surface area contributed by atoms with Crippen molar-refractivity contribution in [2.75, 3.05) is 17.1 Å². The molecule has 0 bridgehead atoms. The summed E-state index contributed by atoms with van der Waals surface area (Å²) in [5, 5.41) is 3.98. The van der Waals surface area contributed by atoms with Crippen molar-refractivity contribution in [3.8, 4) is 0 Å². The van der Waals surface area contributed by atoms with E-state index >= 15 is 0 Å². The third-order valence-electron chi connectivity index (χ3n) is 6.33. The molecule has 0 unspecified atom stereocenters. The standard InChI is InChI=1S/C30H34Cl3N3O4S/c1-21(2)34-30(38)28(18-22-10-5-4-6-11-22)35(20-23-12-7-8-13-25(23)32)29(37)14-9-17-36(41(3,39)40)27-19-24(31)15-16-26(27)33/h4-8,10-13,15-16,19,21,28H,9,14,17-18,20H2,1-3H3,(H,34,38)/t28-/m1/s1. The first-order valence-electron chi connectivity index (χ1n) is 13.2. The van der Waals surface area contributed by atoms with Crippen LogP contribution in [0.15, 0.2) is 72.8 Å². The average Bonchev–Trinajstić information content (AvgIpc) is 2.90. The maximum atomic E-state index is 13.9. The van der Waals surface area contributed by atoms with Gasteiger partial charge in [-0.25, -0.2) is 8.42 Å². The fourth-order valence-corrected chi connectivity index (χ4v) is 6.00. The Morgan fingerprint density at radius 1 is 0.902 bits per heavy atom. The number of hydrogen-bond acceptors (Lipinski definition) is 4. The summed E-state index contributed by atoms with van der Waals surface area (Å²) >= 11 is 18.9. The molecule has 2 amide bonds. The van der Waals surface area contributed by atoms with Crippen LogP contribution in [0.2, 0.25) is 15.1 Å². The lowest BCUT2D eigenvalue weighted by molar-refractivity contribution is -0.141. The van der Waals surface area contributed by atoms with Crippen LogP contribution >= 0.6 is 34.8 Å². The van der Waals surface area contributed by atoms with Crippen LogP contribution in [-0.4, -0.2) is 50.0 Å². The summed E-state index contributed by atoms with van der Waals surface area (Å²) in [4.78, 5) is 28.9. The van der Waals surface area contributed by atoms with Crippen molar-refractivity contribution in [3.05, 3.63) is 99.0 Å². The Bertz CT molecular complexity index is 1450. The van der Waals surface area contributed by atoms with E-state index in [1.165, 1.54) is 17.0 Å². The molecule has 0 heterocycles. The van der Waals surface area contributed by atoms with Gasteiger partial charge in [0.05, 0.1) is 17.0 Å². The molecule has 0 saturated heterocycles. The summed E-state index contributed by atoms with van der Waals surface area (Å²) in [7, 11) is -3.73. The molecule has 3 aromatic carbocycles. The van der Waals surface area contributed by atoms with Gasteiger partial charge in [-0.05, 0) is 55.7 Å². The molecule has 1 N–H and O–H groups in total. The van der Waals surface area contributed by atoms with E-state index in [0.29, 0.717) is 22.0 Å². The lowest BCUT2D eigenvalue weighted by Crippen LogP contribution is -2.51. The minimum atomic E-state index is -3.73. The molecule has 3 aromatic rings. The maximum Gasteiger partial charge on any atom is 0.243 e. The molecule has 7 nitrogen and oxygen atoms in total. The lowest BCUT2D eigenvalue weighted by Gasteiger charge is -2.32. The molecular weight excluding hydrogens is 605 g/mol. The van der Waals surface area contributed by atoms with E-state index in [4.69, 9.17) is 34.8 Å². The van der Waals surface area contributed by atoms with Crippen LogP contribution in [0.4, 0.5) is 5.69 Å². The normalized spacial score (nSPS) is 12.2. The Balaban J connectivity index is 1.91. The van der Waals surface area contributed by atoms with Gasteiger partial charge in [0.1, 0.15) is 6.04 Å². The van der Waals surface area contributed by atoms with Gasteiger partial charge in [0, 0.05) is 42.0 Å². The highest BCUT2D eigenvalue weighted by atomic mass is 35.5. The molecule has 0 aliphatic carbocycles. The van der Waals surface area contributed by atoms with Crippen molar-refractivity contribution in [2.24, 2.45) is 0 Å². The predicted molar refractivity (Wildman–Crippen MR) is 167 cm³/mol. The van der Waals surface area contributed by atoms with Crippen LogP contribution in [-0.2, 0) is 32.6 Å². The Kier molecular flexibility index (Phi) is 11.9. The Labute approximate surface area is 257 Å². The fourth-order valence-electron chi connectivity index (χ4n) is 4.40. The van der Waals surface area contributed by atoms with Crippen LogP contribution in [0.3, 0.4) is 0 Å². The van der Waals surface area contributed by atoms with E-state index in [1.807, 2.05) is 56.3 Å². The van der Waals surface area contributed by atoms with Crippen LogP contribution in [0.1, 0.15) is 37.8 Å². The van der Waals surface area contributed by atoms with E-state index < -0.39 is 16.1 Å². The minimum absolute atomic E-state index is 0.00783. The van der Waals surface area contributed by atoms with Gasteiger partial charge in [-0.15, -0.1) is 0 Å². The van der Waals surface area contributed by atoms with Gasteiger partial charge < -0.3 is 10.2 Å². The second-order valence-corrected chi connectivity index (χ2v) is 13.2. The smallest absolute Gasteiger partial charge is 0.243 e. The number of sulfonamides is 1. The van der Waals surface area contributed by atoms with Gasteiger partial charge in [0.25, 0.3) is 0 Å². The number of rotatable bonds is 13. The molecule has 0 saturated carbocycles. The zero-order chi connectivity index (χ0) is 30.2. The van der Waals surface area contributed by atoms with Crippen molar-refractivity contribution in [2.45, 2.75) is 51.7 Å². The number of nitrogens with one attached hydrogen (secondary N) is 1. The average molecular weight is 639 g/mol. The number of halogens is 3. The number of carbonyl (C=O) groups excluding carboxylic acids is 2.